The summed E-state index contributed by atoms with van der Waals surface area (Å²) in [7, 11) is 0. The lowest BCUT2D eigenvalue weighted by Gasteiger charge is -2.09. The van der Waals surface area contributed by atoms with Crippen LogP contribution in [0, 0.1) is 11.6 Å². The number of carbonyl (C=O) groups excluding carboxylic acids is 2. The Morgan fingerprint density at radius 3 is 2.38 bits per heavy atom. The third-order valence-corrected chi connectivity index (χ3v) is 3.10. The molecule has 7 heteroatoms. The fourth-order valence-corrected chi connectivity index (χ4v) is 1.86. The van der Waals surface area contributed by atoms with Crippen LogP contribution in [0.2, 0.25) is 0 Å². The maximum Gasteiger partial charge on any atom is 0.319 e. The van der Waals surface area contributed by atoms with Crippen molar-refractivity contribution in [1.82, 2.24) is 5.32 Å². The number of ether oxygens (including phenoxy) is 1. The first kappa shape index (κ1) is 17.4. The van der Waals surface area contributed by atoms with Gasteiger partial charge >= 0.3 is 6.03 Å². The fourth-order valence-electron chi connectivity index (χ4n) is 1.86. The van der Waals surface area contributed by atoms with Gasteiger partial charge in [-0.3, -0.25) is 4.79 Å². The van der Waals surface area contributed by atoms with Gasteiger partial charge in [0.05, 0.1) is 6.54 Å². The predicted molar refractivity (Wildman–Crippen MR) is 85.3 cm³/mol. The number of Topliss-reactive ketones (excluding diaryl/α,β-unsaturated/α-hetero) is 1. The number of nitrogens with one attached hydrogen (secondary N) is 2. The van der Waals surface area contributed by atoms with Gasteiger partial charge < -0.3 is 15.4 Å². The summed E-state index contributed by atoms with van der Waals surface area (Å²) in [6.45, 7) is 1.74. The number of hydrogen-bond acceptors (Lipinski definition) is 3. The van der Waals surface area contributed by atoms with Crippen molar-refractivity contribution in [2.75, 3.05) is 18.5 Å². The van der Waals surface area contributed by atoms with Gasteiger partial charge in [0.1, 0.15) is 12.4 Å². The van der Waals surface area contributed by atoms with Gasteiger partial charge in [0.25, 0.3) is 0 Å². The summed E-state index contributed by atoms with van der Waals surface area (Å²) in [5.74, 6) is -1.82. The molecule has 2 N–H and O–H groups in total. The van der Waals surface area contributed by atoms with E-state index in [9.17, 15) is 18.4 Å². The van der Waals surface area contributed by atoms with E-state index in [-0.39, 0.29) is 24.7 Å². The van der Waals surface area contributed by atoms with Crippen molar-refractivity contribution in [2.45, 2.75) is 6.92 Å². The molecule has 0 saturated heterocycles. The van der Waals surface area contributed by atoms with Crippen LogP contribution in [-0.2, 0) is 0 Å². The highest BCUT2D eigenvalue weighted by Crippen LogP contribution is 2.15. The second-order valence-corrected chi connectivity index (χ2v) is 4.94. The van der Waals surface area contributed by atoms with Crippen molar-refractivity contribution >= 4 is 17.5 Å². The van der Waals surface area contributed by atoms with Crippen LogP contribution in [-0.4, -0.2) is 25.0 Å². The quantitative estimate of drug-likeness (QED) is 0.629. The molecule has 0 heterocycles. The van der Waals surface area contributed by atoms with Crippen LogP contribution < -0.4 is 15.4 Å². The Bertz CT molecular complexity index is 733. The molecule has 0 aliphatic carbocycles. The van der Waals surface area contributed by atoms with Crippen LogP contribution in [0.4, 0.5) is 19.3 Å². The highest BCUT2D eigenvalue weighted by molar-refractivity contribution is 5.95. The molecule has 2 amide bonds. The van der Waals surface area contributed by atoms with Crippen molar-refractivity contribution in [3.05, 3.63) is 59.7 Å². The zero-order chi connectivity index (χ0) is 17.5. The van der Waals surface area contributed by atoms with E-state index in [0.29, 0.717) is 11.3 Å². The van der Waals surface area contributed by atoms with Crippen LogP contribution in [0.3, 0.4) is 0 Å². The van der Waals surface area contributed by atoms with Gasteiger partial charge in [-0.15, -0.1) is 0 Å². The minimum Gasteiger partial charge on any atom is -0.492 e. The van der Waals surface area contributed by atoms with Crippen molar-refractivity contribution in [2.24, 2.45) is 0 Å². The number of carbonyl (C=O) groups is 2. The molecule has 0 spiro atoms. The molecule has 24 heavy (non-hydrogen) atoms. The van der Waals surface area contributed by atoms with Crippen LogP contribution in [0.5, 0.6) is 5.75 Å². The van der Waals surface area contributed by atoms with Crippen LogP contribution in [0.25, 0.3) is 0 Å². The van der Waals surface area contributed by atoms with E-state index in [1.54, 1.807) is 24.3 Å². The molecular formula is C17H16F2N2O3. The molecule has 126 valence electrons. The highest BCUT2D eigenvalue weighted by Gasteiger charge is 2.05. The minimum absolute atomic E-state index is 0.0552. The molecule has 0 bridgehead atoms. The molecule has 2 aromatic rings. The number of urea groups is 1. The first-order chi connectivity index (χ1) is 11.5. The SMILES string of the molecule is CC(=O)c1ccc(NC(=O)NCCOc2ccc(F)c(F)c2)cc1. The standard InChI is InChI=1S/C17H16F2N2O3/c1-11(22)12-2-4-13(5-3-12)21-17(23)20-8-9-24-14-6-7-15(18)16(19)10-14/h2-7,10H,8-9H2,1H3,(H2,20,21,23). The molecule has 2 rings (SSSR count). The lowest BCUT2D eigenvalue weighted by atomic mass is 10.1. The van der Waals surface area contributed by atoms with Crippen molar-refractivity contribution < 1.29 is 23.1 Å². The second kappa shape index (κ2) is 8.05. The Hall–Kier alpha value is -2.96. The summed E-state index contributed by atoms with van der Waals surface area (Å²) in [4.78, 5) is 22.8. The molecule has 0 fully saturated rings. The Balaban J connectivity index is 1.73. The number of benzene rings is 2. The molecule has 0 aliphatic rings. The summed E-state index contributed by atoms with van der Waals surface area (Å²) in [6.07, 6.45) is 0. The highest BCUT2D eigenvalue weighted by atomic mass is 19.2. The molecule has 0 saturated carbocycles. The third-order valence-electron chi connectivity index (χ3n) is 3.10. The van der Waals surface area contributed by atoms with Gasteiger partial charge in [-0.05, 0) is 43.3 Å². The Labute approximate surface area is 137 Å². The summed E-state index contributed by atoms with van der Waals surface area (Å²) in [5.41, 5.74) is 1.10. The predicted octanol–water partition coefficient (Wildman–Crippen LogP) is 3.37. The number of ketones is 1. The number of hydrogen-bond donors (Lipinski definition) is 2. The lowest BCUT2D eigenvalue weighted by molar-refractivity contribution is 0.101. The maximum atomic E-state index is 13.0. The zero-order valence-corrected chi connectivity index (χ0v) is 12.9. The molecule has 0 aromatic heterocycles. The average Bonchev–Trinajstić information content (AvgIpc) is 2.55. The number of rotatable bonds is 6. The molecule has 0 radical (unpaired) electrons. The van der Waals surface area contributed by atoms with Gasteiger partial charge in [0, 0.05) is 17.3 Å². The van der Waals surface area contributed by atoms with Crippen molar-refractivity contribution in [1.29, 1.82) is 0 Å². The average molecular weight is 334 g/mol. The molecule has 0 unspecified atom stereocenters. The maximum absolute atomic E-state index is 13.0. The van der Waals surface area contributed by atoms with Gasteiger partial charge in [-0.25, -0.2) is 13.6 Å². The Morgan fingerprint density at radius 1 is 1.04 bits per heavy atom. The van der Waals surface area contributed by atoms with E-state index in [1.807, 2.05) is 0 Å². The van der Waals surface area contributed by atoms with E-state index in [2.05, 4.69) is 10.6 Å². The number of amides is 2. The van der Waals surface area contributed by atoms with Gasteiger partial charge in [0.2, 0.25) is 0 Å². The second-order valence-electron chi connectivity index (χ2n) is 4.94. The van der Waals surface area contributed by atoms with E-state index in [0.717, 1.165) is 12.1 Å². The summed E-state index contributed by atoms with van der Waals surface area (Å²) >= 11 is 0. The Morgan fingerprint density at radius 2 is 1.75 bits per heavy atom. The molecule has 0 aliphatic heterocycles. The van der Waals surface area contributed by atoms with Crippen LogP contribution in [0.1, 0.15) is 17.3 Å². The number of halogens is 2. The summed E-state index contributed by atoms with van der Waals surface area (Å²) in [5, 5.41) is 5.15. The number of anilines is 1. The van der Waals surface area contributed by atoms with E-state index < -0.39 is 17.7 Å². The van der Waals surface area contributed by atoms with E-state index in [1.165, 1.54) is 13.0 Å². The largest absolute Gasteiger partial charge is 0.492 e. The Kier molecular flexibility index (Phi) is 5.83. The van der Waals surface area contributed by atoms with Gasteiger partial charge in [0.15, 0.2) is 17.4 Å². The monoisotopic (exact) mass is 334 g/mol. The normalized spacial score (nSPS) is 10.1. The smallest absolute Gasteiger partial charge is 0.319 e. The topological polar surface area (TPSA) is 67.4 Å². The van der Waals surface area contributed by atoms with Crippen LogP contribution in [0.15, 0.2) is 42.5 Å². The first-order valence-corrected chi connectivity index (χ1v) is 7.19. The lowest BCUT2D eigenvalue weighted by Crippen LogP contribution is -2.32. The molecule has 2 aromatic carbocycles. The zero-order valence-electron chi connectivity index (χ0n) is 12.9. The molecule has 5 nitrogen and oxygen atoms in total. The molecule has 0 atom stereocenters. The van der Waals surface area contributed by atoms with Crippen molar-refractivity contribution in [3.63, 3.8) is 0 Å². The summed E-state index contributed by atoms with van der Waals surface area (Å²) in [6, 6.07) is 9.23. The van der Waals surface area contributed by atoms with E-state index in [4.69, 9.17) is 4.74 Å². The fraction of sp³-hybridized carbons (Fsp3) is 0.176. The summed E-state index contributed by atoms with van der Waals surface area (Å²) < 4.78 is 30.9. The van der Waals surface area contributed by atoms with Crippen LogP contribution >= 0.6 is 0 Å². The molecular weight excluding hydrogens is 318 g/mol. The van der Waals surface area contributed by atoms with E-state index >= 15 is 0 Å². The minimum atomic E-state index is -0.993. The van der Waals surface area contributed by atoms with Gasteiger partial charge in [-0.1, -0.05) is 0 Å². The van der Waals surface area contributed by atoms with Crippen molar-refractivity contribution in [3.8, 4) is 5.75 Å². The first-order valence-electron chi connectivity index (χ1n) is 7.19. The van der Waals surface area contributed by atoms with Gasteiger partial charge in [-0.2, -0.15) is 0 Å². The third kappa shape index (κ3) is 5.05.